The molecule has 0 spiro atoms. The largest absolute Gasteiger partial charge is 0.488 e. The van der Waals surface area contributed by atoms with Crippen LogP contribution >= 0.6 is 0 Å². The summed E-state index contributed by atoms with van der Waals surface area (Å²) in [6.45, 7) is 5.52. The van der Waals surface area contributed by atoms with Gasteiger partial charge in [0, 0.05) is 18.3 Å². The average Bonchev–Trinajstić information content (AvgIpc) is 2.35. The van der Waals surface area contributed by atoms with Gasteiger partial charge in [-0.05, 0) is 44.2 Å². The third-order valence-electron chi connectivity index (χ3n) is 3.82. The summed E-state index contributed by atoms with van der Waals surface area (Å²) < 4.78 is 6.13. The maximum absolute atomic E-state index is 6.13. The minimum absolute atomic E-state index is 0.359. The fourth-order valence-electron chi connectivity index (χ4n) is 2.52. The Labute approximate surface area is 110 Å². The van der Waals surface area contributed by atoms with Crippen LogP contribution < -0.4 is 10.1 Å². The molecule has 100 valence electrons. The first-order chi connectivity index (χ1) is 8.61. The minimum atomic E-state index is 0.359. The van der Waals surface area contributed by atoms with E-state index in [9.17, 15) is 0 Å². The van der Waals surface area contributed by atoms with Gasteiger partial charge >= 0.3 is 0 Å². The molecule has 1 aromatic heterocycles. The molecule has 0 saturated heterocycles. The van der Waals surface area contributed by atoms with Gasteiger partial charge < -0.3 is 10.1 Å². The first kappa shape index (κ1) is 13.3. The molecule has 1 saturated carbocycles. The van der Waals surface area contributed by atoms with Crippen LogP contribution in [0, 0.1) is 5.41 Å². The second-order valence-electron chi connectivity index (χ2n) is 6.00. The number of hydrogen-bond donors (Lipinski definition) is 1. The van der Waals surface area contributed by atoms with Gasteiger partial charge in [-0.3, -0.25) is 4.98 Å². The smallest absolute Gasteiger partial charge is 0.142 e. The molecular formula is C15H24N2O. The lowest BCUT2D eigenvalue weighted by Crippen LogP contribution is -2.28. The normalized spacial score (nSPS) is 19.7. The van der Waals surface area contributed by atoms with Crippen molar-refractivity contribution in [2.24, 2.45) is 5.41 Å². The molecule has 1 fully saturated rings. The Bertz CT molecular complexity index is 380. The van der Waals surface area contributed by atoms with E-state index in [1.54, 1.807) is 0 Å². The predicted octanol–water partition coefficient (Wildman–Crippen LogP) is 3.15. The van der Waals surface area contributed by atoms with Gasteiger partial charge in [0.2, 0.25) is 0 Å². The lowest BCUT2D eigenvalue weighted by Gasteiger charge is -2.34. The van der Waals surface area contributed by atoms with Gasteiger partial charge in [0.1, 0.15) is 5.75 Å². The average molecular weight is 248 g/mol. The summed E-state index contributed by atoms with van der Waals surface area (Å²) in [6.07, 6.45) is 8.83. The number of nitrogens with one attached hydrogen (secondary N) is 1. The zero-order valence-electron chi connectivity index (χ0n) is 11.7. The number of pyridine rings is 1. The Morgan fingerprint density at radius 1 is 1.39 bits per heavy atom. The van der Waals surface area contributed by atoms with Crippen molar-refractivity contribution in [2.75, 3.05) is 7.05 Å². The molecule has 0 amide bonds. The van der Waals surface area contributed by atoms with Crippen molar-refractivity contribution in [3.05, 3.63) is 24.0 Å². The number of ether oxygens (including phenoxy) is 1. The first-order valence-corrected chi connectivity index (χ1v) is 6.85. The number of rotatable bonds is 4. The van der Waals surface area contributed by atoms with Gasteiger partial charge in [-0.15, -0.1) is 0 Å². The van der Waals surface area contributed by atoms with Crippen LogP contribution in [-0.2, 0) is 6.54 Å². The molecular weight excluding hydrogens is 224 g/mol. The molecule has 1 aromatic rings. The van der Waals surface area contributed by atoms with Crippen molar-refractivity contribution in [1.82, 2.24) is 10.3 Å². The van der Waals surface area contributed by atoms with Crippen molar-refractivity contribution in [3.8, 4) is 5.75 Å². The summed E-state index contributed by atoms with van der Waals surface area (Å²) in [5.74, 6) is 0.941. The molecule has 0 aliphatic heterocycles. The van der Waals surface area contributed by atoms with Gasteiger partial charge in [-0.2, -0.15) is 0 Å². The van der Waals surface area contributed by atoms with E-state index in [0.29, 0.717) is 11.5 Å². The maximum atomic E-state index is 6.13. The summed E-state index contributed by atoms with van der Waals surface area (Å²) in [5.41, 5.74) is 1.68. The molecule has 1 heterocycles. The fraction of sp³-hybridized carbons (Fsp3) is 0.667. The van der Waals surface area contributed by atoms with E-state index in [-0.39, 0.29) is 0 Å². The lowest BCUT2D eigenvalue weighted by molar-refractivity contribution is 0.0975. The number of nitrogens with zero attached hydrogens (tertiary/aromatic N) is 1. The maximum Gasteiger partial charge on any atom is 0.142 e. The summed E-state index contributed by atoms with van der Waals surface area (Å²) in [4.78, 5) is 4.17. The van der Waals surface area contributed by atoms with Crippen LogP contribution in [0.2, 0.25) is 0 Å². The molecule has 18 heavy (non-hydrogen) atoms. The second-order valence-corrected chi connectivity index (χ2v) is 6.00. The van der Waals surface area contributed by atoms with Crippen molar-refractivity contribution in [1.29, 1.82) is 0 Å². The highest BCUT2D eigenvalue weighted by molar-refractivity contribution is 5.29. The van der Waals surface area contributed by atoms with Gasteiger partial charge in [0.05, 0.1) is 12.3 Å². The van der Waals surface area contributed by atoms with E-state index < -0.39 is 0 Å². The lowest BCUT2D eigenvalue weighted by atomic mass is 9.76. The molecule has 3 nitrogen and oxygen atoms in total. The zero-order valence-corrected chi connectivity index (χ0v) is 11.7. The summed E-state index contributed by atoms with van der Waals surface area (Å²) in [7, 11) is 1.95. The van der Waals surface area contributed by atoms with E-state index in [0.717, 1.165) is 25.1 Å². The highest BCUT2D eigenvalue weighted by Crippen LogP contribution is 2.36. The molecule has 1 N–H and O–H groups in total. The Morgan fingerprint density at radius 3 is 2.78 bits per heavy atom. The van der Waals surface area contributed by atoms with Crippen LogP contribution in [0.4, 0.5) is 0 Å². The molecule has 2 rings (SSSR count). The van der Waals surface area contributed by atoms with Gasteiger partial charge in [0.25, 0.3) is 0 Å². The van der Waals surface area contributed by atoms with Crippen molar-refractivity contribution in [3.63, 3.8) is 0 Å². The van der Waals surface area contributed by atoms with Crippen LogP contribution in [0.5, 0.6) is 5.75 Å². The van der Waals surface area contributed by atoms with Gasteiger partial charge in [-0.1, -0.05) is 13.8 Å². The zero-order chi connectivity index (χ0) is 13.0. The molecule has 0 radical (unpaired) electrons. The SMILES string of the molecule is CNCc1ccncc1OC1CCC(C)(C)CC1. The standard InChI is InChI=1S/C15H24N2O/c1-15(2)7-4-13(5-8-15)18-14-11-17-9-6-12(14)10-16-3/h6,9,11,13,16H,4-5,7-8,10H2,1-3H3. The summed E-state index contributed by atoms with van der Waals surface area (Å²) in [5, 5.41) is 3.17. The number of hydrogen-bond acceptors (Lipinski definition) is 3. The highest BCUT2D eigenvalue weighted by Gasteiger charge is 2.28. The summed E-state index contributed by atoms with van der Waals surface area (Å²) >= 11 is 0. The first-order valence-electron chi connectivity index (χ1n) is 6.85. The summed E-state index contributed by atoms with van der Waals surface area (Å²) in [6, 6.07) is 2.03. The van der Waals surface area contributed by atoms with E-state index in [1.807, 2.05) is 25.5 Å². The Morgan fingerprint density at radius 2 is 2.11 bits per heavy atom. The third kappa shape index (κ3) is 3.45. The molecule has 1 aliphatic carbocycles. The Hall–Kier alpha value is -1.09. The molecule has 0 bridgehead atoms. The van der Waals surface area contributed by atoms with Crippen LogP contribution in [0.3, 0.4) is 0 Å². The molecule has 0 unspecified atom stereocenters. The van der Waals surface area contributed by atoms with Crippen LogP contribution in [0.15, 0.2) is 18.5 Å². The van der Waals surface area contributed by atoms with Crippen molar-refractivity contribution >= 4 is 0 Å². The van der Waals surface area contributed by atoms with E-state index >= 15 is 0 Å². The fourth-order valence-corrected chi connectivity index (χ4v) is 2.52. The van der Waals surface area contributed by atoms with E-state index in [2.05, 4.69) is 24.1 Å². The van der Waals surface area contributed by atoms with Crippen LogP contribution in [0.25, 0.3) is 0 Å². The van der Waals surface area contributed by atoms with Crippen LogP contribution in [-0.4, -0.2) is 18.1 Å². The Kier molecular flexibility index (Phi) is 4.23. The van der Waals surface area contributed by atoms with E-state index in [4.69, 9.17) is 4.74 Å². The molecule has 1 aliphatic rings. The van der Waals surface area contributed by atoms with Crippen molar-refractivity contribution < 1.29 is 4.74 Å². The van der Waals surface area contributed by atoms with Crippen molar-refractivity contribution in [2.45, 2.75) is 52.2 Å². The predicted molar refractivity (Wildman–Crippen MR) is 73.7 cm³/mol. The molecule has 0 atom stereocenters. The molecule has 0 aromatic carbocycles. The monoisotopic (exact) mass is 248 g/mol. The van der Waals surface area contributed by atoms with Crippen LogP contribution in [0.1, 0.15) is 45.1 Å². The Balaban J connectivity index is 1.97. The van der Waals surface area contributed by atoms with Gasteiger partial charge in [0.15, 0.2) is 0 Å². The topological polar surface area (TPSA) is 34.2 Å². The second kappa shape index (κ2) is 5.70. The quantitative estimate of drug-likeness (QED) is 0.888. The number of aromatic nitrogens is 1. The molecule has 3 heteroatoms. The van der Waals surface area contributed by atoms with Gasteiger partial charge in [-0.25, -0.2) is 0 Å². The minimum Gasteiger partial charge on any atom is -0.488 e. The van der Waals surface area contributed by atoms with E-state index in [1.165, 1.54) is 18.4 Å². The highest BCUT2D eigenvalue weighted by atomic mass is 16.5. The third-order valence-corrected chi connectivity index (χ3v) is 3.82.